The van der Waals surface area contributed by atoms with Gasteiger partial charge in [0, 0.05) is 19.6 Å². The fraction of sp³-hybridized carbons (Fsp3) is 0.429. The molecule has 27 heavy (non-hydrogen) atoms. The Balaban J connectivity index is 1.27. The van der Waals surface area contributed by atoms with Crippen LogP contribution in [0.15, 0.2) is 42.6 Å². The number of aromatic nitrogens is 1. The molecule has 6 heteroatoms. The third-order valence-electron chi connectivity index (χ3n) is 5.61. The van der Waals surface area contributed by atoms with Gasteiger partial charge in [0.15, 0.2) is 0 Å². The van der Waals surface area contributed by atoms with Crippen LogP contribution in [0.3, 0.4) is 0 Å². The molecule has 6 nitrogen and oxygen atoms in total. The van der Waals surface area contributed by atoms with E-state index in [-0.39, 0.29) is 11.9 Å². The van der Waals surface area contributed by atoms with Crippen molar-refractivity contribution in [3.63, 3.8) is 0 Å². The van der Waals surface area contributed by atoms with E-state index in [9.17, 15) is 10.2 Å². The molecule has 0 amide bonds. The fourth-order valence-corrected chi connectivity index (χ4v) is 4.32. The average Bonchev–Trinajstić information content (AvgIpc) is 3.20. The molecule has 3 atom stereocenters. The van der Waals surface area contributed by atoms with Crippen molar-refractivity contribution in [1.29, 1.82) is 5.26 Å². The van der Waals surface area contributed by atoms with Crippen LogP contribution < -0.4 is 4.74 Å². The standard InChI is InChI=1S/C21H23N3O3/c22-9-14-1-4-18(5-2-14)27-19-7-15-11-24(12-16(15)8-19)13-21(26)20-6-3-17(25)10-23-20/h1-6,10,15-16,19,21,25-26H,7-8,11-13H2. The van der Waals surface area contributed by atoms with Crippen molar-refractivity contribution >= 4 is 0 Å². The van der Waals surface area contributed by atoms with Gasteiger partial charge in [0.25, 0.3) is 0 Å². The van der Waals surface area contributed by atoms with Gasteiger partial charge in [-0.2, -0.15) is 5.26 Å². The van der Waals surface area contributed by atoms with Gasteiger partial charge < -0.3 is 14.9 Å². The van der Waals surface area contributed by atoms with E-state index in [4.69, 9.17) is 10.00 Å². The Kier molecular flexibility index (Phi) is 4.97. The van der Waals surface area contributed by atoms with Crippen molar-refractivity contribution in [3.8, 4) is 17.6 Å². The number of ether oxygens (including phenoxy) is 1. The summed E-state index contributed by atoms with van der Waals surface area (Å²) in [5.41, 5.74) is 1.23. The zero-order chi connectivity index (χ0) is 18.8. The molecule has 1 saturated heterocycles. The van der Waals surface area contributed by atoms with Gasteiger partial charge in [-0.3, -0.25) is 9.88 Å². The maximum absolute atomic E-state index is 10.4. The van der Waals surface area contributed by atoms with Crippen LogP contribution in [0.2, 0.25) is 0 Å². The molecule has 2 heterocycles. The summed E-state index contributed by atoms with van der Waals surface area (Å²) in [5, 5.41) is 28.6. The highest BCUT2D eigenvalue weighted by Crippen LogP contribution is 2.40. The van der Waals surface area contributed by atoms with Gasteiger partial charge in [-0.1, -0.05) is 0 Å². The minimum atomic E-state index is -0.643. The summed E-state index contributed by atoms with van der Waals surface area (Å²) in [7, 11) is 0. The predicted octanol–water partition coefficient (Wildman–Crippen LogP) is 2.48. The number of likely N-dealkylation sites (tertiary alicyclic amines) is 1. The molecule has 1 aromatic heterocycles. The fourth-order valence-electron chi connectivity index (χ4n) is 4.32. The van der Waals surface area contributed by atoms with E-state index >= 15 is 0 Å². The lowest BCUT2D eigenvalue weighted by molar-refractivity contribution is 0.113. The minimum absolute atomic E-state index is 0.106. The first-order valence-corrected chi connectivity index (χ1v) is 9.33. The Labute approximate surface area is 158 Å². The van der Waals surface area contributed by atoms with Crippen molar-refractivity contribution in [2.24, 2.45) is 11.8 Å². The lowest BCUT2D eigenvalue weighted by Crippen LogP contribution is -2.29. The summed E-state index contributed by atoms with van der Waals surface area (Å²) in [4.78, 5) is 6.39. The van der Waals surface area contributed by atoms with Gasteiger partial charge in [0.2, 0.25) is 0 Å². The van der Waals surface area contributed by atoms with Crippen LogP contribution in [0.5, 0.6) is 11.5 Å². The molecule has 4 rings (SSSR count). The number of nitrogens with zero attached hydrogens (tertiary/aromatic N) is 3. The number of pyridine rings is 1. The Bertz CT molecular complexity index is 802. The Morgan fingerprint density at radius 1 is 1.15 bits per heavy atom. The van der Waals surface area contributed by atoms with E-state index in [0.29, 0.717) is 29.6 Å². The highest BCUT2D eigenvalue weighted by Gasteiger charge is 2.42. The summed E-state index contributed by atoms with van der Waals surface area (Å²) in [6.45, 7) is 2.49. The number of hydrogen-bond acceptors (Lipinski definition) is 6. The molecular weight excluding hydrogens is 342 g/mol. The van der Waals surface area contributed by atoms with Crippen molar-refractivity contribution in [2.75, 3.05) is 19.6 Å². The maximum Gasteiger partial charge on any atom is 0.133 e. The van der Waals surface area contributed by atoms with E-state index < -0.39 is 6.10 Å². The molecule has 0 bridgehead atoms. The third kappa shape index (κ3) is 4.05. The second-order valence-electron chi connectivity index (χ2n) is 7.54. The average molecular weight is 365 g/mol. The smallest absolute Gasteiger partial charge is 0.133 e. The number of rotatable bonds is 5. The van der Waals surface area contributed by atoms with Crippen molar-refractivity contribution in [3.05, 3.63) is 53.9 Å². The van der Waals surface area contributed by atoms with Crippen molar-refractivity contribution in [2.45, 2.75) is 25.0 Å². The number of aromatic hydroxyl groups is 1. The predicted molar refractivity (Wildman–Crippen MR) is 99.1 cm³/mol. The Morgan fingerprint density at radius 2 is 1.85 bits per heavy atom. The first-order chi connectivity index (χ1) is 13.1. The normalized spacial score (nSPS) is 25.7. The zero-order valence-electron chi connectivity index (χ0n) is 15.0. The summed E-state index contributed by atoms with van der Waals surface area (Å²) in [6.07, 6.45) is 2.99. The first kappa shape index (κ1) is 17.8. The number of benzene rings is 1. The highest BCUT2D eigenvalue weighted by molar-refractivity contribution is 5.34. The third-order valence-corrected chi connectivity index (χ3v) is 5.61. The SMILES string of the molecule is N#Cc1ccc(OC2CC3CN(CC(O)c4ccc(O)cn4)CC3C2)cc1. The van der Waals surface area contributed by atoms with Gasteiger partial charge >= 0.3 is 0 Å². The molecule has 1 aliphatic carbocycles. The number of nitriles is 1. The van der Waals surface area contributed by atoms with Crippen LogP contribution >= 0.6 is 0 Å². The monoisotopic (exact) mass is 365 g/mol. The maximum atomic E-state index is 10.4. The zero-order valence-corrected chi connectivity index (χ0v) is 15.0. The molecule has 0 spiro atoms. The summed E-state index contributed by atoms with van der Waals surface area (Å²) in [6, 6.07) is 12.6. The molecule has 0 radical (unpaired) electrons. The van der Waals surface area contributed by atoms with Gasteiger partial charge in [0.05, 0.1) is 29.6 Å². The Hall–Kier alpha value is -2.62. The summed E-state index contributed by atoms with van der Waals surface area (Å²) >= 11 is 0. The molecule has 1 aliphatic heterocycles. The number of aliphatic hydroxyl groups excluding tert-OH is 1. The quantitative estimate of drug-likeness (QED) is 0.846. The largest absolute Gasteiger partial charge is 0.506 e. The van der Waals surface area contributed by atoms with E-state index in [0.717, 1.165) is 31.7 Å². The van der Waals surface area contributed by atoms with Gasteiger partial charge in [-0.05, 0) is 61.1 Å². The van der Waals surface area contributed by atoms with Crippen LogP contribution in [0, 0.1) is 23.2 Å². The van der Waals surface area contributed by atoms with Gasteiger partial charge in [0.1, 0.15) is 17.6 Å². The number of fused-ring (bicyclic) bond motifs is 1. The molecule has 3 unspecified atom stereocenters. The lowest BCUT2D eigenvalue weighted by atomic mass is 10.0. The van der Waals surface area contributed by atoms with Gasteiger partial charge in [-0.25, -0.2) is 0 Å². The van der Waals surface area contributed by atoms with Crippen LogP contribution in [0.25, 0.3) is 0 Å². The van der Waals surface area contributed by atoms with Crippen LogP contribution in [0.4, 0.5) is 0 Å². The molecular formula is C21H23N3O3. The molecule has 140 valence electrons. The van der Waals surface area contributed by atoms with Crippen molar-refractivity contribution < 1.29 is 14.9 Å². The minimum Gasteiger partial charge on any atom is -0.506 e. The van der Waals surface area contributed by atoms with Crippen molar-refractivity contribution in [1.82, 2.24) is 9.88 Å². The number of hydrogen-bond donors (Lipinski definition) is 2. The van der Waals surface area contributed by atoms with Gasteiger partial charge in [-0.15, -0.1) is 0 Å². The number of β-amino-alcohol motifs (C(OH)–C–C–N with tert-alkyl or cyclic N) is 1. The molecule has 2 fully saturated rings. The Morgan fingerprint density at radius 3 is 2.44 bits per heavy atom. The van der Waals surface area contributed by atoms with E-state index in [1.807, 2.05) is 12.1 Å². The molecule has 1 saturated carbocycles. The van der Waals surface area contributed by atoms with Crippen LogP contribution in [-0.2, 0) is 0 Å². The van der Waals surface area contributed by atoms with E-state index in [1.54, 1.807) is 24.3 Å². The molecule has 2 N–H and O–H groups in total. The highest BCUT2D eigenvalue weighted by atomic mass is 16.5. The summed E-state index contributed by atoms with van der Waals surface area (Å²) < 4.78 is 6.10. The lowest BCUT2D eigenvalue weighted by Gasteiger charge is -2.22. The van der Waals surface area contributed by atoms with E-state index in [1.165, 1.54) is 6.20 Å². The second kappa shape index (κ2) is 7.55. The van der Waals surface area contributed by atoms with Crippen LogP contribution in [-0.4, -0.2) is 45.8 Å². The molecule has 1 aromatic carbocycles. The van der Waals surface area contributed by atoms with E-state index in [2.05, 4.69) is 16.0 Å². The molecule has 2 aliphatic rings. The first-order valence-electron chi connectivity index (χ1n) is 9.33. The number of aliphatic hydroxyl groups is 1. The van der Waals surface area contributed by atoms with Crippen LogP contribution in [0.1, 0.15) is 30.2 Å². The summed E-state index contributed by atoms with van der Waals surface area (Å²) in [5.74, 6) is 2.11. The molecule has 2 aromatic rings. The second-order valence-corrected chi connectivity index (χ2v) is 7.54. The topological polar surface area (TPSA) is 89.6 Å².